The molecule has 0 aromatic carbocycles. The summed E-state index contributed by atoms with van der Waals surface area (Å²) < 4.78 is 20.1. The Kier molecular flexibility index (Phi) is 3.75. The molecule has 0 aromatic rings. The minimum atomic E-state index is -1.54. The molecule has 0 spiro atoms. The predicted molar refractivity (Wildman–Crippen MR) is 28.7 cm³/mol. The van der Waals surface area contributed by atoms with E-state index in [-0.39, 0.29) is 6.42 Å². The van der Waals surface area contributed by atoms with Crippen molar-refractivity contribution in [1.82, 2.24) is 0 Å². The van der Waals surface area contributed by atoms with Crippen LogP contribution >= 0.6 is 0 Å². The SMILES string of the molecule is CCC(F)OC(=O)OC. The van der Waals surface area contributed by atoms with Crippen molar-refractivity contribution in [3.8, 4) is 0 Å². The van der Waals surface area contributed by atoms with E-state index >= 15 is 0 Å². The lowest BCUT2D eigenvalue weighted by Crippen LogP contribution is -2.11. The number of hydrogen-bond acceptors (Lipinski definition) is 3. The summed E-state index contributed by atoms with van der Waals surface area (Å²) in [6, 6.07) is 0. The molecular formula is C5H9FO3. The Morgan fingerprint density at radius 3 is 2.67 bits per heavy atom. The summed E-state index contributed by atoms with van der Waals surface area (Å²) in [6.07, 6.45) is -2.38. The van der Waals surface area contributed by atoms with Crippen LogP contribution in [0.1, 0.15) is 13.3 Å². The van der Waals surface area contributed by atoms with Gasteiger partial charge in [-0.15, -0.1) is 0 Å². The van der Waals surface area contributed by atoms with Crippen LogP contribution in [0.2, 0.25) is 0 Å². The highest BCUT2D eigenvalue weighted by Crippen LogP contribution is 1.99. The van der Waals surface area contributed by atoms with Gasteiger partial charge in [-0.1, -0.05) is 6.92 Å². The monoisotopic (exact) mass is 136 g/mol. The number of carbonyl (C=O) groups excluding carboxylic acids is 1. The standard InChI is InChI=1S/C5H9FO3/c1-3-4(6)9-5(7)8-2/h4H,3H2,1-2H3. The lowest BCUT2D eigenvalue weighted by molar-refractivity contribution is -0.0245. The van der Waals surface area contributed by atoms with Gasteiger partial charge in [-0.25, -0.2) is 9.18 Å². The molecular weight excluding hydrogens is 127 g/mol. The Hall–Kier alpha value is -0.800. The van der Waals surface area contributed by atoms with E-state index < -0.39 is 12.5 Å². The maximum atomic E-state index is 12.0. The summed E-state index contributed by atoms with van der Waals surface area (Å²) >= 11 is 0. The Morgan fingerprint density at radius 1 is 1.78 bits per heavy atom. The van der Waals surface area contributed by atoms with Gasteiger partial charge in [0.2, 0.25) is 6.36 Å². The summed E-state index contributed by atoms with van der Waals surface area (Å²) in [5.41, 5.74) is 0. The van der Waals surface area contributed by atoms with Crippen molar-refractivity contribution in [3.05, 3.63) is 0 Å². The van der Waals surface area contributed by atoms with Crippen LogP contribution < -0.4 is 0 Å². The Morgan fingerprint density at radius 2 is 2.33 bits per heavy atom. The molecule has 0 aliphatic carbocycles. The first-order chi connectivity index (χ1) is 4.20. The molecule has 0 fully saturated rings. The highest BCUT2D eigenvalue weighted by molar-refractivity contribution is 5.59. The van der Waals surface area contributed by atoms with E-state index in [1.807, 2.05) is 0 Å². The molecule has 0 aromatic heterocycles. The number of hydrogen-bond donors (Lipinski definition) is 0. The molecule has 0 aliphatic rings. The third-order valence-corrected chi connectivity index (χ3v) is 0.712. The Bertz CT molecular complexity index is 94.2. The quantitative estimate of drug-likeness (QED) is 0.539. The summed E-state index contributed by atoms with van der Waals surface area (Å²) in [6.45, 7) is 1.56. The molecule has 0 saturated carbocycles. The van der Waals surface area contributed by atoms with Crippen molar-refractivity contribution < 1.29 is 18.7 Å². The molecule has 1 atom stereocenters. The zero-order chi connectivity index (χ0) is 7.28. The average Bonchev–Trinajstić information content (AvgIpc) is 1.87. The van der Waals surface area contributed by atoms with Gasteiger partial charge in [0.1, 0.15) is 0 Å². The Balaban J connectivity index is 3.34. The summed E-state index contributed by atoms with van der Waals surface area (Å²) in [5, 5.41) is 0. The van der Waals surface area contributed by atoms with Crippen molar-refractivity contribution in [2.75, 3.05) is 7.11 Å². The molecule has 54 valence electrons. The minimum Gasteiger partial charge on any atom is -0.438 e. The van der Waals surface area contributed by atoms with E-state index in [0.29, 0.717) is 0 Å². The van der Waals surface area contributed by atoms with Gasteiger partial charge < -0.3 is 9.47 Å². The van der Waals surface area contributed by atoms with Crippen LogP contribution in [-0.2, 0) is 9.47 Å². The van der Waals surface area contributed by atoms with E-state index in [9.17, 15) is 9.18 Å². The van der Waals surface area contributed by atoms with Crippen LogP contribution in [-0.4, -0.2) is 19.6 Å². The molecule has 1 unspecified atom stereocenters. The van der Waals surface area contributed by atoms with Crippen molar-refractivity contribution in [1.29, 1.82) is 0 Å². The van der Waals surface area contributed by atoms with Crippen LogP contribution in [0, 0.1) is 0 Å². The maximum Gasteiger partial charge on any atom is 0.510 e. The lowest BCUT2D eigenvalue weighted by atomic mass is 10.5. The molecule has 0 N–H and O–H groups in total. The van der Waals surface area contributed by atoms with Gasteiger partial charge >= 0.3 is 6.16 Å². The van der Waals surface area contributed by atoms with Crippen molar-refractivity contribution >= 4 is 6.16 Å². The van der Waals surface area contributed by atoms with Crippen LogP contribution in [0.25, 0.3) is 0 Å². The van der Waals surface area contributed by atoms with Gasteiger partial charge in [0.25, 0.3) is 0 Å². The molecule has 3 nitrogen and oxygen atoms in total. The summed E-state index contributed by atoms with van der Waals surface area (Å²) in [7, 11) is 1.13. The lowest BCUT2D eigenvalue weighted by Gasteiger charge is -2.04. The number of rotatable bonds is 2. The van der Waals surface area contributed by atoms with Crippen molar-refractivity contribution in [3.63, 3.8) is 0 Å². The average molecular weight is 136 g/mol. The Labute approximate surface area is 52.8 Å². The number of carbonyl (C=O) groups is 1. The van der Waals surface area contributed by atoms with Gasteiger partial charge in [0.15, 0.2) is 0 Å². The second kappa shape index (κ2) is 4.12. The number of methoxy groups -OCH3 is 1. The third-order valence-electron chi connectivity index (χ3n) is 0.712. The fourth-order valence-corrected chi connectivity index (χ4v) is 0.236. The first-order valence-corrected chi connectivity index (χ1v) is 2.59. The van der Waals surface area contributed by atoms with Crippen LogP contribution in [0.4, 0.5) is 9.18 Å². The summed E-state index contributed by atoms with van der Waals surface area (Å²) in [5.74, 6) is 0. The number of ether oxygens (including phenoxy) is 2. The molecule has 0 amide bonds. The van der Waals surface area contributed by atoms with E-state index in [2.05, 4.69) is 9.47 Å². The van der Waals surface area contributed by atoms with Crippen molar-refractivity contribution in [2.45, 2.75) is 19.7 Å². The molecule has 0 saturated heterocycles. The largest absolute Gasteiger partial charge is 0.510 e. The second-order valence-corrected chi connectivity index (χ2v) is 1.39. The van der Waals surface area contributed by atoms with E-state index in [0.717, 1.165) is 7.11 Å². The number of alkyl halides is 1. The maximum absolute atomic E-state index is 12.0. The van der Waals surface area contributed by atoms with E-state index in [1.165, 1.54) is 0 Å². The predicted octanol–water partition coefficient (Wildman–Crippen LogP) is 1.48. The first kappa shape index (κ1) is 8.20. The zero-order valence-electron chi connectivity index (χ0n) is 5.39. The topological polar surface area (TPSA) is 35.5 Å². The number of halogens is 1. The van der Waals surface area contributed by atoms with E-state index in [4.69, 9.17) is 0 Å². The smallest absolute Gasteiger partial charge is 0.438 e. The van der Waals surface area contributed by atoms with Crippen LogP contribution in [0.3, 0.4) is 0 Å². The van der Waals surface area contributed by atoms with Crippen LogP contribution in [0.5, 0.6) is 0 Å². The fraction of sp³-hybridized carbons (Fsp3) is 0.800. The second-order valence-electron chi connectivity index (χ2n) is 1.39. The van der Waals surface area contributed by atoms with Gasteiger partial charge in [-0.3, -0.25) is 0 Å². The molecule has 0 radical (unpaired) electrons. The normalized spacial score (nSPS) is 12.3. The molecule has 0 heterocycles. The van der Waals surface area contributed by atoms with E-state index in [1.54, 1.807) is 6.92 Å². The summed E-state index contributed by atoms with van der Waals surface area (Å²) in [4.78, 5) is 10.1. The van der Waals surface area contributed by atoms with Gasteiger partial charge in [-0.05, 0) is 0 Å². The van der Waals surface area contributed by atoms with Gasteiger partial charge in [0.05, 0.1) is 7.11 Å². The minimum absolute atomic E-state index is 0.148. The molecule has 0 rings (SSSR count). The molecule has 9 heavy (non-hydrogen) atoms. The zero-order valence-corrected chi connectivity index (χ0v) is 5.39. The van der Waals surface area contributed by atoms with Crippen LogP contribution in [0.15, 0.2) is 0 Å². The third kappa shape index (κ3) is 3.76. The highest BCUT2D eigenvalue weighted by atomic mass is 19.1. The van der Waals surface area contributed by atoms with Gasteiger partial charge in [0, 0.05) is 6.42 Å². The fourth-order valence-electron chi connectivity index (χ4n) is 0.236. The highest BCUT2D eigenvalue weighted by Gasteiger charge is 2.08. The van der Waals surface area contributed by atoms with Gasteiger partial charge in [-0.2, -0.15) is 0 Å². The van der Waals surface area contributed by atoms with Crippen molar-refractivity contribution in [2.24, 2.45) is 0 Å². The molecule has 4 heteroatoms. The molecule has 0 aliphatic heterocycles. The first-order valence-electron chi connectivity index (χ1n) is 2.59. The molecule has 0 bridgehead atoms.